The minimum absolute atomic E-state index is 0.0519. The van der Waals surface area contributed by atoms with Gasteiger partial charge in [0.15, 0.2) is 0 Å². The number of carbonyl (C=O) groups is 3. The molecule has 1 fully saturated rings. The monoisotopic (exact) mass is 502 g/mol. The molecule has 0 aromatic heterocycles. The Bertz CT molecular complexity index is 854. The fraction of sp³-hybridized carbons (Fsp3) is 0.609. The number of benzene rings is 1. The molecule has 1 atom stereocenters. The zero-order chi connectivity index (χ0) is 24.8. The molecule has 1 aliphatic rings. The van der Waals surface area contributed by atoms with Gasteiger partial charge in [-0.05, 0) is 45.2 Å². The number of aliphatic hydroxyl groups is 1. The number of nitrogens with zero attached hydrogens (tertiary/aromatic N) is 2. The number of hydrogen-bond donors (Lipinski definition) is 1. The molecular formula is C23H32Cl2N2O6. The van der Waals surface area contributed by atoms with Crippen molar-refractivity contribution < 1.29 is 29.0 Å². The fourth-order valence-electron chi connectivity index (χ4n) is 3.31. The van der Waals surface area contributed by atoms with Gasteiger partial charge < -0.3 is 24.4 Å². The third-order valence-corrected chi connectivity index (χ3v) is 6.01. The number of hydrogen-bond acceptors (Lipinski definition) is 6. The van der Waals surface area contributed by atoms with Crippen molar-refractivity contribution in [2.45, 2.75) is 70.7 Å². The second-order valence-corrected chi connectivity index (χ2v) is 9.79. The average molecular weight is 503 g/mol. The third kappa shape index (κ3) is 8.36. The molecule has 0 heterocycles. The molecule has 2 amide bonds. The van der Waals surface area contributed by atoms with Crippen molar-refractivity contribution in [2.75, 3.05) is 20.3 Å². The molecule has 1 aromatic rings. The number of carbonyl (C=O) groups excluding carboxylic acids is 3. The van der Waals surface area contributed by atoms with Crippen LogP contribution in [0.3, 0.4) is 0 Å². The number of aliphatic hydroxyl groups excluding tert-OH is 1. The zero-order valence-electron chi connectivity index (χ0n) is 19.5. The Hall–Kier alpha value is -2.03. The Kier molecular flexibility index (Phi) is 9.82. The lowest BCUT2D eigenvalue weighted by Gasteiger charge is -2.33. The lowest BCUT2D eigenvalue weighted by Crippen LogP contribution is -2.48. The van der Waals surface area contributed by atoms with E-state index in [0.717, 1.165) is 18.4 Å². The molecule has 1 N–H and O–H groups in total. The number of halogens is 2. The maximum absolute atomic E-state index is 13.3. The standard InChI is InChI=1S/C23H32Cl2N2O6/c1-23(2,3)33-22(31)26(11-10-20(30)32-4)17(14-28)12-19(29)27(16-8-9-16)13-15-6-5-7-18(24)21(15)25/h5-7,16-17,28H,8-14H2,1-4H3. The van der Waals surface area contributed by atoms with Crippen molar-refractivity contribution in [1.29, 1.82) is 0 Å². The second-order valence-electron chi connectivity index (χ2n) is 9.01. The van der Waals surface area contributed by atoms with Crippen molar-refractivity contribution in [3.63, 3.8) is 0 Å². The van der Waals surface area contributed by atoms with Gasteiger partial charge in [-0.25, -0.2) is 4.79 Å². The van der Waals surface area contributed by atoms with Crippen molar-refractivity contribution in [2.24, 2.45) is 0 Å². The summed E-state index contributed by atoms with van der Waals surface area (Å²) >= 11 is 12.4. The number of ether oxygens (including phenoxy) is 2. The Labute approximate surface area is 204 Å². The molecule has 0 radical (unpaired) electrons. The molecule has 184 valence electrons. The highest BCUT2D eigenvalue weighted by atomic mass is 35.5. The zero-order valence-corrected chi connectivity index (χ0v) is 21.0. The molecule has 0 spiro atoms. The predicted molar refractivity (Wildman–Crippen MR) is 125 cm³/mol. The van der Waals surface area contributed by atoms with Gasteiger partial charge in [-0.2, -0.15) is 0 Å². The second kappa shape index (κ2) is 11.9. The normalized spacial score (nSPS) is 14.4. The van der Waals surface area contributed by atoms with Crippen LogP contribution in [0.2, 0.25) is 10.0 Å². The summed E-state index contributed by atoms with van der Waals surface area (Å²) in [5.41, 5.74) is -0.0618. The molecule has 1 unspecified atom stereocenters. The summed E-state index contributed by atoms with van der Waals surface area (Å²) in [6.07, 6.45) is 0.794. The van der Waals surface area contributed by atoms with Crippen molar-refractivity contribution in [1.82, 2.24) is 9.80 Å². The summed E-state index contributed by atoms with van der Waals surface area (Å²) in [5, 5.41) is 10.8. The Morgan fingerprint density at radius 2 is 1.88 bits per heavy atom. The van der Waals surface area contributed by atoms with Crippen LogP contribution < -0.4 is 0 Å². The molecule has 0 saturated heterocycles. The van der Waals surface area contributed by atoms with Crippen LogP contribution in [0.25, 0.3) is 0 Å². The molecule has 2 rings (SSSR count). The first-order valence-corrected chi connectivity index (χ1v) is 11.6. The van der Waals surface area contributed by atoms with E-state index in [4.69, 9.17) is 27.9 Å². The fourth-order valence-corrected chi connectivity index (χ4v) is 3.69. The van der Waals surface area contributed by atoms with Crippen LogP contribution in [-0.2, 0) is 25.6 Å². The molecule has 10 heteroatoms. The summed E-state index contributed by atoms with van der Waals surface area (Å²) in [6.45, 7) is 4.89. The van der Waals surface area contributed by atoms with E-state index >= 15 is 0 Å². The SMILES string of the molecule is COC(=O)CCN(C(=O)OC(C)(C)C)C(CO)CC(=O)N(Cc1cccc(Cl)c1Cl)C1CC1. The van der Waals surface area contributed by atoms with Crippen LogP contribution in [0.1, 0.15) is 52.0 Å². The van der Waals surface area contributed by atoms with Gasteiger partial charge in [-0.3, -0.25) is 9.59 Å². The summed E-state index contributed by atoms with van der Waals surface area (Å²) in [7, 11) is 1.25. The maximum atomic E-state index is 13.3. The molecule has 1 aliphatic carbocycles. The smallest absolute Gasteiger partial charge is 0.410 e. The highest BCUT2D eigenvalue weighted by Crippen LogP contribution is 2.33. The van der Waals surface area contributed by atoms with E-state index in [1.807, 2.05) is 6.07 Å². The van der Waals surface area contributed by atoms with E-state index < -0.39 is 30.3 Å². The molecule has 33 heavy (non-hydrogen) atoms. The van der Waals surface area contributed by atoms with Crippen LogP contribution in [0.4, 0.5) is 4.79 Å². The van der Waals surface area contributed by atoms with Crippen LogP contribution in [0.15, 0.2) is 18.2 Å². The Morgan fingerprint density at radius 3 is 2.42 bits per heavy atom. The van der Waals surface area contributed by atoms with Gasteiger partial charge in [0, 0.05) is 25.6 Å². The number of methoxy groups -OCH3 is 1. The summed E-state index contributed by atoms with van der Waals surface area (Å²) in [4.78, 5) is 40.7. The number of amides is 2. The van der Waals surface area contributed by atoms with E-state index in [-0.39, 0.29) is 37.9 Å². The Balaban J connectivity index is 2.19. The van der Waals surface area contributed by atoms with Crippen molar-refractivity contribution >= 4 is 41.2 Å². The van der Waals surface area contributed by atoms with Gasteiger partial charge in [-0.1, -0.05) is 35.3 Å². The van der Waals surface area contributed by atoms with Crippen LogP contribution in [0.5, 0.6) is 0 Å². The predicted octanol–water partition coefficient (Wildman–Crippen LogP) is 4.04. The van der Waals surface area contributed by atoms with E-state index in [9.17, 15) is 19.5 Å². The van der Waals surface area contributed by atoms with Crippen molar-refractivity contribution in [3.05, 3.63) is 33.8 Å². The first-order chi connectivity index (χ1) is 15.5. The Morgan fingerprint density at radius 1 is 1.21 bits per heavy atom. The van der Waals surface area contributed by atoms with Crippen LogP contribution in [-0.4, -0.2) is 70.8 Å². The first-order valence-electron chi connectivity index (χ1n) is 10.9. The lowest BCUT2D eigenvalue weighted by atomic mass is 10.1. The maximum Gasteiger partial charge on any atom is 0.410 e. The molecule has 8 nitrogen and oxygen atoms in total. The van der Waals surface area contributed by atoms with Crippen molar-refractivity contribution in [3.8, 4) is 0 Å². The highest BCUT2D eigenvalue weighted by Gasteiger charge is 2.36. The van der Waals surface area contributed by atoms with Gasteiger partial charge in [0.25, 0.3) is 0 Å². The van der Waals surface area contributed by atoms with Gasteiger partial charge in [-0.15, -0.1) is 0 Å². The lowest BCUT2D eigenvalue weighted by molar-refractivity contribution is -0.141. The van der Waals surface area contributed by atoms with Gasteiger partial charge >= 0.3 is 12.1 Å². The number of esters is 1. The summed E-state index contributed by atoms with van der Waals surface area (Å²) < 4.78 is 10.1. The van der Waals surface area contributed by atoms with Crippen LogP contribution >= 0.6 is 23.2 Å². The molecule has 1 saturated carbocycles. The quantitative estimate of drug-likeness (QED) is 0.485. The van der Waals surface area contributed by atoms with Gasteiger partial charge in [0.05, 0.1) is 36.2 Å². The molecule has 0 bridgehead atoms. The van der Waals surface area contributed by atoms with E-state index in [1.165, 1.54) is 12.0 Å². The highest BCUT2D eigenvalue weighted by molar-refractivity contribution is 6.42. The third-order valence-electron chi connectivity index (χ3n) is 5.15. The number of rotatable bonds is 10. The topological polar surface area (TPSA) is 96.4 Å². The van der Waals surface area contributed by atoms with Gasteiger partial charge in [0.1, 0.15) is 5.60 Å². The summed E-state index contributed by atoms with van der Waals surface area (Å²) in [5.74, 6) is -0.749. The summed E-state index contributed by atoms with van der Waals surface area (Å²) in [6, 6.07) is 4.46. The van der Waals surface area contributed by atoms with Crippen LogP contribution in [0, 0.1) is 0 Å². The first kappa shape index (κ1) is 27.2. The minimum Gasteiger partial charge on any atom is -0.469 e. The molecule has 0 aliphatic heterocycles. The largest absolute Gasteiger partial charge is 0.469 e. The molecular weight excluding hydrogens is 471 g/mol. The van der Waals surface area contributed by atoms with E-state index in [0.29, 0.717) is 10.0 Å². The van der Waals surface area contributed by atoms with E-state index in [1.54, 1.807) is 37.8 Å². The minimum atomic E-state index is -0.868. The van der Waals surface area contributed by atoms with E-state index in [2.05, 4.69) is 4.74 Å². The molecule has 1 aromatic carbocycles. The van der Waals surface area contributed by atoms with Gasteiger partial charge in [0.2, 0.25) is 5.91 Å². The average Bonchev–Trinajstić information content (AvgIpc) is 3.57.